The quantitative estimate of drug-likeness (QED) is 0.881. The summed E-state index contributed by atoms with van der Waals surface area (Å²) in [4.78, 5) is 12.9. The number of hydrogen-bond acceptors (Lipinski definition) is 5. The van der Waals surface area contributed by atoms with Gasteiger partial charge in [0, 0.05) is 42.7 Å². The van der Waals surface area contributed by atoms with Crippen LogP contribution in [-0.4, -0.2) is 34.0 Å². The molecule has 0 aromatic carbocycles. The molecule has 23 heavy (non-hydrogen) atoms. The molecule has 2 aromatic heterocycles. The van der Waals surface area contributed by atoms with Crippen LogP contribution in [0.5, 0.6) is 0 Å². The van der Waals surface area contributed by atoms with E-state index in [1.54, 1.807) is 11.3 Å². The van der Waals surface area contributed by atoms with Gasteiger partial charge in [-0.15, -0.1) is 11.3 Å². The van der Waals surface area contributed by atoms with Crippen molar-refractivity contribution in [3.05, 3.63) is 39.4 Å². The molecule has 0 bridgehead atoms. The van der Waals surface area contributed by atoms with Gasteiger partial charge in [0.2, 0.25) is 0 Å². The highest BCUT2D eigenvalue weighted by Crippen LogP contribution is 2.38. The zero-order chi connectivity index (χ0) is 15.6. The number of anilines is 1. The van der Waals surface area contributed by atoms with Gasteiger partial charge in [-0.2, -0.15) is 0 Å². The second-order valence-corrected chi connectivity index (χ2v) is 8.27. The molecule has 0 radical (unpaired) electrons. The Hall–Kier alpha value is -1.17. The van der Waals surface area contributed by atoms with E-state index in [-0.39, 0.29) is 0 Å². The van der Waals surface area contributed by atoms with Crippen molar-refractivity contribution in [3.8, 4) is 0 Å². The lowest BCUT2D eigenvalue weighted by Crippen LogP contribution is -2.38. The van der Waals surface area contributed by atoms with Crippen LogP contribution in [0.2, 0.25) is 4.34 Å². The molecule has 1 N–H and O–H groups in total. The van der Waals surface area contributed by atoms with Gasteiger partial charge in [-0.1, -0.05) is 11.6 Å². The molecule has 0 unspecified atom stereocenters. The third-order valence-corrected chi connectivity index (χ3v) is 5.78. The van der Waals surface area contributed by atoms with Gasteiger partial charge in [-0.3, -0.25) is 4.90 Å². The van der Waals surface area contributed by atoms with E-state index in [0.29, 0.717) is 12.0 Å². The predicted molar refractivity (Wildman–Crippen MR) is 95.3 cm³/mol. The van der Waals surface area contributed by atoms with Gasteiger partial charge in [0.1, 0.15) is 11.6 Å². The van der Waals surface area contributed by atoms with Gasteiger partial charge in [-0.05, 0) is 43.9 Å². The Bertz CT molecular complexity index is 662. The molecule has 1 aliphatic heterocycles. The minimum atomic E-state index is 0.514. The summed E-state index contributed by atoms with van der Waals surface area (Å²) in [5, 5.41) is 3.60. The van der Waals surface area contributed by atoms with Crippen LogP contribution in [0, 0.1) is 0 Å². The monoisotopic (exact) mass is 348 g/mol. The Morgan fingerprint density at radius 3 is 2.70 bits per heavy atom. The van der Waals surface area contributed by atoms with Crippen molar-refractivity contribution in [2.24, 2.45) is 0 Å². The van der Waals surface area contributed by atoms with Crippen molar-refractivity contribution in [2.75, 3.05) is 18.4 Å². The van der Waals surface area contributed by atoms with Gasteiger partial charge in [0.25, 0.3) is 0 Å². The number of rotatable bonds is 5. The number of hydrogen-bond donors (Lipinski definition) is 1. The van der Waals surface area contributed by atoms with Crippen LogP contribution in [0.25, 0.3) is 0 Å². The maximum atomic E-state index is 6.01. The molecule has 0 amide bonds. The fourth-order valence-corrected chi connectivity index (χ4v) is 4.22. The van der Waals surface area contributed by atoms with Crippen molar-refractivity contribution in [1.82, 2.24) is 14.9 Å². The lowest BCUT2D eigenvalue weighted by Gasteiger charge is -2.32. The normalized spacial score (nSPS) is 19.9. The van der Waals surface area contributed by atoms with Crippen molar-refractivity contribution in [3.63, 3.8) is 0 Å². The average Bonchev–Trinajstić information content (AvgIpc) is 3.33. The fraction of sp³-hybridized carbons (Fsp3) is 0.529. The van der Waals surface area contributed by atoms with E-state index in [1.807, 2.05) is 18.3 Å². The van der Waals surface area contributed by atoms with Crippen LogP contribution in [0.1, 0.15) is 42.3 Å². The maximum Gasteiger partial charge on any atom is 0.133 e. The Morgan fingerprint density at radius 1 is 1.17 bits per heavy atom. The molecular formula is C17H21ClN4S. The number of likely N-dealkylation sites (tertiary alicyclic amines) is 1. The summed E-state index contributed by atoms with van der Waals surface area (Å²) in [5.41, 5.74) is 0. The largest absolute Gasteiger partial charge is 0.367 e. The molecule has 6 heteroatoms. The lowest BCUT2D eigenvalue weighted by molar-refractivity contribution is 0.213. The first-order valence-electron chi connectivity index (χ1n) is 8.32. The predicted octanol–water partition coefficient (Wildman–Crippen LogP) is 4.15. The molecule has 2 fully saturated rings. The first kappa shape index (κ1) is 15.4. The van der Waals surface area contributed by atoms with E-state index in [4.69, 9.17) is 11.6 Å². The number of thiophene rings is 1. The van der Waals surface area contributed by atoms with Crippen molar-refractivity contribution in [1.29, 1.82) is 0 Å². The summed E-state index contributed by atoms with van der Waals surface area (Å²) in [5.74, 6) is 2.61. The summed E-state index contributed by atoms with van der Waals surface area (Å²) >= 11 is 7.70. The summed E-state index contributed by atoms with van der Waals surface area (Å²) in [6, 6.07) is 6.63. The minimum absolute atomic E-state index is 0.514. The van der Waals surface area contributed by atoms with Crippen LogP contribution in [0.3, 0.4) is 0 Å². The molecule has 4 rings (SSSR count). The Morgan fingerprint density at radius 2 is 2.00 bits per heavy atom. The third-order valence-electron chi connectivity index (χ3n) is 4.56. The van der Waals surface area contributed by atoms with Crippen LogP contribution < -0.4 is 5.32 Å². The summed E-state index contributed by atoms with van der Waals surface area (Å²) in [6.45, 7) is 3.25. The highest BCUT2D eigenvalue weighted by atomic mass is 35.5. The van der Waals surface area contributed by atoms with Crippen LogP contribution >= 0.6 is 22.9 Å². The van der Waals surface area contributed by atoms with E-state index in [0.717, 1.165) is 48.5 Å². The number of nitrogens with zero attached hydrogens (tertiary/aromatic N) is 3. The highest BCUT2D eigenvalue weighted by molar-refractivity contribution is 7.16. The average molecular weight is 349 g/mol. The SMILES string of the molecule is Clc1ccc(CN2CCC(Nc3ccnc(C4CC4)n3)CC2)s1. The van der Waals surface area contributed by atoms with Gasteiger partial charge >= 0.3 is 0 Å². The van der Waals surface area contributed by atoms with E-state index in [2.05, 4.69) is 26.3 Å². The van der Waals surface area contributed by atoms with E-state index in [9.17, 15) is 0 Å². The molecule has 3 heterocycles. The number of halogens is 1. The van der Waals surface area contributed by atoms with Gasteiger partial charge in [0.05, 0.1) is 4.34 Å². The summed E-state index contributed by atoms with van der Waals surface area (Å²) in [6.07, 6.45) is 6.69. The zero-order valence-corrected chi connectivity index (χ0v) is 14.6. The standard InChI is InChI=1S/C17H21ClN4S/c18-15-4-3-14(23-15)11-22-9-6-13(7-10-22)20-16-5-8-19-17(21-16)12-1-2-12/h3-5,8,12-13H,1-2,6-7,9-11H2,(H,19,20,21). The Balaban J connectivity index is 1.28. The molecule has 1 saturated heterocycles. The first-order chi connectivity index (χ1) is 11.3. The van der Waals surface area contributed by atoms with Crippen molar-refractivity contribution < 1.29 is 0 Å². The summed E-state index contributed by atoms with van der Waals surface area (Å²) in [7, 11) is 0. The van der Waals surface area contributed by atoms with E-state index in [1.165, 1.54) is 17.7 Å². The minimum Gasteiger partial charge on any atom is -0.367 e. The highest BCUT2D eigenvalue weighted by Gasteiger charge is 2.27. The first-order valence-corrected chi connectivity index (χ1v) is 9.52. The molecule has 1 saturated carbocycles. The summed E-state index contributed by atoms with van der Waals surface area (Å²) < 4.78 is 0.881. The second-order valence-electron chi connectivity index (χ2n) is 6.47. The smallest absolute Gasteiger partial charge is 0.133 e. The van der Waals surface area contributed by atoms with Crippen molar-refractivity contribution in [2.45, 2.75) is 44.2 Å². The number of piperidine rings is 1. The van der Waals surface area contributed by atoms with E-state index < -0.39 is 0 Å². The number of nitrogens with one attached hydrogen (secondary N) is 1. The molecule has 0 spiro atoms. The molecule has 122 valence electrons. The van der Waals surface area contributed by atoms with E-state index >= 15 is 0 Å². The molecule has 1 aliphatic carbocycles. The van der Waals surface area contributed by atoms with Gasteiger partial charge in [-0.25, -0.2) is 9.97 Å². The molecule has 4 nitrogen and oxygen atoms in total. The Labute approximate surface area is 145 Å². The molecular weight excluding hydrogens is 328 g/mol. The molecule has 2 aromatic rings. The third kappa shape index (κ3) is 4.03. The lowest BCUT2D eigenvalue weighted by atomic mass is 10.1. The van der Waals surface area contributed by atoms with Gasteiger partial charge < -0.3 is 5.32 Å². The molecule has 2 aliphatic rings. The Kier molecular flexibility index (Phi) is 4.51. The van der Waals surface area contributed by atoms with Gasteiger partial charge in [0.15, 0.2) is 0 Å². The second kappa shape index (κ2) is 6.75. The number of aromatic nitrogens is 2. The zero-order valence-electron chi connectivity index (χ0n) is 13.0. The topological polar surface area (TPSA) is 41.0 Å². The van der Waals surface area contributed by atoms with Crippen LogP contribution in [0.15, 0.2) is 24.4 Å². The fourth-order valence-electron chi connectivity index (χ4n) is 3.09. The van der Waals surface area contributed by atoms with Crippen LogP contribution in [-0.2, 0) is 6.54 Å². The maximum absolute atomic E-state index is 6.01. The molecule has 0 atom stereocenters. The van der Waals surface area contributed by atoms with Crippen LogP contribution in [0.4, 0.5) is 5.82 Å². The van der Waals surface area contributed by atoms with Crippen molar-refractivity contribution >= 4 is 28.8 Å².